The van der Waals surface area contributed by atoms with E-state index in [-0.39, 0.29) is 11.0 Å². The van der Waals surface area contributed by atoms with Crippen molar-refractivity contribution in [2.24, 2.45) is 5.16 Å². The fourth-order valence-corrected chi connectivity index (χ4v) is 1.98. The molecule has 0 aliphatic carbocycles. The standard InChI is InChI=1S/C10H11BrN2O2S/c1-13(2)10(14)9(12-15)16-8-5-3-7(11)4-6-8/h3-6,15H,1-2H3. The molecule has 0 unspecified atom stereocenters. The van der Waals surface area contributed by atoms with Crippen LogP contribution in [0.4, 0.5) is 0 Å². The van der Waals surface area contributed by atoms with Gasteiger partial charge in [0.25, 0.3) is 5.91 Å². The van der Waals surface area contributed by atoms with Gasteiger partial charge in [0.2, 0.25) is 5.04 Å². The number of hydrogen-bond donors (Lipinski definition) is 1. The second-order valence-electron chi connectivity index (χ2n) is 3.16. The normalized spacial score (nSPS) is 11.3. The summed E-state index contributed by atoms with van der Waals surface area (Å²) in [7, 11) is 3.21. The number of nitrogens with zero attached hydrogens (tertiary/aromatic N) is 2. The van der Waals surface area contributed by atoms with E-state index in [1.165, 1.54) is 4.90 Å². The van der Waals surface area contributed by atoms with E-state index in [1.807, 2.05) is 24.3 Å². The van der Waals surface area contributed by atoms with Gasteiger partial charge in [-0.2, -0.15) is 0 Å². The molecule has 0 aromatic heterocycles. The molecule has 0 atom stereocenters. The van der Waals surface area contributed by atoms with E-state index in [0.29, 0.717) is 0 Å². The van der Waals surface area contributed by atoms with Crippen LogP contribution < -0.4 is 0 Å². The molecule has 1 amide bonds. The predicted octanol–water partition coefficient (Wildman–Crippen LogP) is 2.42. The molecule has 1 aromatic rings. The van der Waals surface area contributed by atoms with Crippen LogP contribution in [-0.2, 0) is 4.79 Å². The average Bonchev–Trinajstić information content (AvgIpc) is 2.27. The van der Waals surface area contributed by atoms with Crippen molar-refractivity contribution in [3.63, 3.8) is 0 Å². The molecule has 1 aromatic carbocycles. The lowest BCUT2D eigenvalue weighted by Crippen LogP contribution is -2.28. The summed E-state index contributed by atoms with van der Waals surface area (Å²) in [6.07, 6.45) is 0. The van der Waals surface area contributed by atoms with E-state index in [1.54, 1.807) is 14.1 Å². The summed E-state index contributed by atoms with van der Waals surface area (Å²) in [6, 6.07) is 7.39. The van der Waals surface area contributed by atoms with Gasteiger partial charge in [0.1, 0.15) is 0 Å². The number of carbonyl (C=O) groups is 1. The van der Waals surface area contributed by atoms with Crippen molar-refractivity contribution in [1.29, 1.82) is 0 Å². The van der Waals surface area contributed by atoms with Crippen LogP contribution in [0, 0.1) is 0 Å². The maximum Gasteiger partial charge on any atom is 0.282 e. The zero-order valence-corrected chi connectivity index (χ0v) is 11.2. The van der Waals surface area contributed by atoms with Gasteiger partial charge in [-0.1, -0.05) is 32.8 Å². The highest BCUT2D eigenvalue weighted by atomic mass is 79.9. The minimum atomic E-state index is -0.324. The van der Waals surface area contributed by atoms with Gasteiger partial charge in [0, 0.05) is 23.5 Å². The fourth-order valence-electron chi connectivity index (χ4n) is 0.912. The third kappa shape index (κ3) is 3.53. The summed E-state index contributed by atoms with van der Waals surface area (Å²) in [5.74, 6) is -0.324. The van der Waals surface area contributed by atoms with E-state index in [2.05, 4.69) is 21.1 Å². The highest BCUT2D eigenvalue weighted by Gasteiger charge is 2.15. The molecule has 0 fully saturated rings. The number of oxime groups is 1. The lowest BCUT2D eigenvalue weighted by Gasteiger charge is -2.10. The molecule has 0 aliphatic heterocycles. The third-order valence-corrected chi connectivity index (χ3v) is 3.19. The largest absolute Gasteiger partial charge is 0.410 e. The van der Waals surface area contributed by atoms with Crippen LogP contribution >= 0.6 is 27.7 Å². The van der Waals surface area contributed by atoms with Crippen molar-refractivity contribution >= 4 is 38.6 Å². The smallest absolute Gasteiger partial charge is 0.282 e. The molecule has 86 valence electrons. The number of thioether (sulfide) groups is 1. The van der Waals surface area contributed by atoms with Gasteiger partial charge in [-0.15, -0.1) is 0 Å². The molecule has 0 spiro atoms. The molecule has 4 nitrogen and oxygen atoms in total. The number of hydrogen-bond acceptors (Lipinski definition) is 4. The zero-order valence-electron chi connectivity index (χ0n) is 8.85. The van der Waals surface area contributed by atoms with Gasteiger partial charge in [-0.25, -0.2) is 0 Å². The molecule has 0 radical (unpaired) electrons. The van der Waals surface area contributed by atoms with E-state index < -0.39 is 0 Å². The SMILES string of the molecule is CN(C)C(=O)C(=NO)Sc1ccc(Br)cc1. The van der Waals surface area contributed by atoms with Crippen LogP contribution in [0.15, 0.2) is 38.8 Å². The summed E-state index contributed by atoms with van der Waals surface area (Å²) >= 11 is 4.44. The summed E-state index contributed by atoms with van der Waals surface area (Å²) in [5.41, 5.74) is 0. The van der Waals surface area contributed by atoms with Crippen LogP contribution in [-0.4, -0.2) is 35.2 Å². The maximum absolute atomic E-state index is 11.6. The van der Waals surface area contributed by atoms with Gasteiger partial charge in [-0.3, -0.25) is 4.79 Å². The average molecular weight is 303 g/mol. The first-order chi connectivity index (χ1) is 7.54. The Morgan fingerprint density at radius 2 is 1.94 bits per heavy atom. The summed E-state index contributed by atoms with van der Waals surface area (Å²) in [6.45, 7) is 0. The summed E-state index contributed by atoms with van der Waals surface area (Å²) in [4.78, 5) is 13.8. The number of amides is 1. The molecular formula is C10H11BrN2O2S. The quantitative estimate of drug-likeness (QED) is 0.285. The van der Waals surface area contributed by atoms with Gasteiger partial charge < -0.3 is 10.1 Å². The van der Waals surface area contributed by atoms with E-state index in [9.17, 15) is 4.79 Å². The van der Waals surface area contributed by atoms with E-state index >= 15 is 0 Å². The molecule has 0 bridgehead atoms. The van der Waals surface area contributed by atoms with Gasteiger partial charge in [0.05, 0.1) is 0 Å². The highest BCUT2D eigenvalue weighted by molar-refractivity contribution is 9.10. The Morgan fingerprint density at radius 3 is 2.38 bits per heavy atom. The van der Waals surface area contributed by atoms with Crippen molar-refractivity contribution in [3.8, 4) is 0 Å². The first-order valence-electron chi connectivity index (χ1n) is 4.41. The highest BCUT2D eigenvalue weighted by Crippen LogP contribution is 2.22. The predicted molar refractivity (Wildman–Crippen MR) is 67.9 cm³/mol. The second-order valence-corrected chi connectivity index (χ2v) is 5.14. The van der Waals surface area contributed by atoms with Crippen LogP contribution in [0.3, 0.4) is 0 Å². The minimum Gasteiger partial charge on any atom is -0.410 e. The number of benzene rings is 1. The van der Waals surface area contributed by atoms with Crippen LogP contribution in [0.5, 0.6) is 0 Å². The van der Waals surface area contributed by atoms with Gasteiger partial charge >= 0.3 is 0 Å². The zero-order chi connectivity index (χ0) is 12.1. The van der Waals surface area contributed by atoms with Gasteiger partial charge in [0.15, 0.2) is 0 Å². The number of rotatable bonds is 1. The molecule has 0 saturated heterocycles. The third-order valence-electron chi connectivity index (χ3n) is 1.71. The topological polar surface area (TPSA) is 52.9 Å². The molecule has 1 rings (SSSR count). The van der Waals surface area contributed by atoms with E-state index in [0.717, 1.165) is 21.1 Å². The molecule has 0 saturated carbocycles. The Hall–Kier alpha value is -1.01. The Balaban J connectivity index is 2.79. The molecular weight excluding hydrogens is 292 g/mol. The number of halogens is 1. The minimum absolute atomic E-state index is 0.0484. The number of carbonyl (C=O) groups excluding carboxylic acids is 1. The monoisotopic (exact) mass is 302 g/mol. The van der Waals surface area contributed by atoms with Crippen molar-refractivity contribution in [3.05, 3.63) is 28.7 Å². The van der Waals surface area contributed by atoms with Crippen molar-refractivity contribution in [2.45, 2.75) is 4.90 Å². The van der Waals surface area contributed by atoms with Crippen LogP contribution in [0.25, 0.3) is 0 Å². The molecule has 0 heterocycles. The summed E-state index contributed by atoms with van der Waals surface area (Å²) < 4.78 is 0.957. The summed E-state index contributed by atoms with van der Waals surface area (Å²) in [5, 5.41) is 11.8. The Labute approximate surface area is 106 Å². The molecule has 6 heteroatoms. The molecule has 16 heavy (non-hydrogen) atoms. The molecule has 0 aliphatic rings. The van der Waals surface area contributed by atoms with Crippen LogP contribution in [0.1, 0.15) is 0 Å². The van der Waals surface area contributed by atoms with Crippen LogP contribution in [0.2, 0.25) is 0 Å². The van der Waals surface area contributed by atoms with Gasteiger partial charge in [-0.05, 0) is 24.3 Å². The lowest BCUT2D eigenvalue weighted by atomic mass is 10.4. The first kappa shape index (κ1) is 13.1. The van der Waals surface area contributed by atoms with Crippen molar-refractivity contribution in [1.82, 2.24) is 4.90 Å². The van der Waals surface area contributed by atoms with Crippen molar-refractivity contribution in [2.75, 3.05) is 14.1 Å². The Bertz CT molecular complexity index is 404. The second kappa shape index (κ2) is 5.91. The van der Waals surface area contributed by atoms with Crippen molar-refractivity contribution < 1.29 is 10.0 Å². The van der Waals surface area contributed by atoms with E-state index in [4.69, 9.17) is 5.21 Å². The Kier molecular flexibility index (Phi) is 4.82. The first-order valence-corrected chi connectivity index (χ1v) is 6.02. The Morgan fingerprint density at radius 1 is 1.38 bits per heavy atom. The maximum atomic E-state index is 11.6. The fraction of sp³-hybridized carbons (Fsp3) is 0.200. The molecule has 1 N–H and O–H groups in total. The lowest BCUT2D eigenvalue weighted by molar-refractivity contribution is -0.121.